The van der Waals surface area contributed by atoms with Gasteiger partial charge in [0.25, 0.3) is 11.2 Å². The Labute approximate surface area is 109 Å². The number of benzene rings is 1. The number of aromatic nitrogens is 2. The van der Waals surface area contributed by atoms with Gasteiger partial charge < -0.3 is 4.98 Å². The summed E-state index contributed by atoms with van der Waals surface area (Å²) in [6.07, 6.45) is 0. The monoisotopic (exact) mass is 257 g/mol. The molecule has 90 valence electrons. The lowest BCUT2D eigenvalue weighted by Crippen LogP contribution is -2.09. The maximum Gasteiger partial charge on any atom is 0.271 e. The molecule has 0 saturated heterocycles. The Kier molecular flexibility index (Phi) is 3.80. The highest BCUT2D eigenvalue weighted by atomic mass is 32.2. The lowest BCUT2D eigenvalue weighted by Gasteiger charge is -2.03. The zero-order valence-corrected chi connectivity index (χ0v) is 10.6. The molecule has 18 heavy (non-hydrogen) atoms. The van der Waals surface area contributed by atoms with Gasteiger partial charge in [-0.05, 0) is 12.5 Å². The molecule has 0 aliphatic rings. The van der Waals surface area contributed by atoms with E-state index >= 15 is 0 Å². The van der Waals surface area contributed by atoms with E-state index in [1.165, 1.54) is 11.8 Å². The second-order valence-electron chi connectivity index (χ2n) is 3.69. The van der Waals surface area contributed by atoms with Crippen molar-refractivity contribution in [3.05, 3.63) is 63.4 Å². The fraction of sp³-hybridized carbons (Fsp3) is 0.154. The number of hydrogen-bond acceptors (Lipinski definition) is 3. The van der Waals surface area contributed by atoms with E-state index in [0.29, 0.717) is 10.9 Å². The van der Waals surface area contributed by atoms with Crippen LogP contribution in [0.15, 0.2) is 40.3 Å². The van der Waals surface area contributed by atoms with E-state index in [4.69, 9.17) is 6.57 Å². The molecule has 0 saturated carbocycles. The van der Waals surface area contributed by atoms with Gasteiger partial charge in [0.15, 0.2) is 5.16 Å². The largest absolute Gasteiger partial charge is 0.311 e. The van der Waals surface area contributed by atoms with Crippen LogP contribution in [0.4, 0.5) is 5.69 Å². The van der Waals surface area contributed by atoms with Gasteiger partial charge in [-0.2, -0.15) is 0 Å². The molecule has 2 rings (SSSR count). The molecule has 0 unspecified atom stereocenters. The second-order valence-corrected chi connectivity index (χ2v) is 4.66. The molecule has 1 heterocycles. The summed E-state index contributed by atoms with van der Waals surface area (Å²) in [6.45, 7) is 8.57. The summed E-state index contributed by atoms with van der Waals surface area (Å²) in [5.41, 5.74) is 1.34. The van der Waals surface area contributed by atoms with Crippen LogP contribution in [0.5, 0.6) is 0 Å². The lowest BCUT2D eigenvalue weighted by atomic mass is 10.2. The molecule has 0 amide bonds. The highest BCUT2D eigenvalue weighted by Crippen LogP contribution is 2.20. The fourth-order valence-corrected chi connectivity index (χ4v) is 2.34. The minimum Gasteiger partial charge on any atom is -0.311 e. The van der Waals surface area contributed by atoms with Gasteiger partial charge >= 0.3 is 0 Å². The average molecular weight is 257 g/mol. The van der Waals surface area contributed by atoms with Gasteiger partial charge in [-0.1, -0.05) is 42.1 Å². The molecule has 1 aromatic carbocycles. The van der Waals surface area contributed by atoms with Crippen molar-refractivity contribution in [1.82, 2.24) is 9.97 Å². The van der Waals surface area contributed by atoms with E-state index in [9.17, 15) is 4.79 Å². The van der Waals surface area contributed by atoms with E-state index in [0.717, 1.165) is 11.3 Å². The first-order chi connectivity index (χ1) is 8.70. The summed E-state index contributed by atoms with van der Waals surface area (Å²) in [7, 11) is 0. The van der Waals surface area contributed by atoms with Crippen molar-refractivity contribution in [2.75, 3.05) is 0 Å². The number of H-pyrrole nitrogens is 1. The van der Waals surface area contributed by atoms with Crippen LogP contribution in [0.3, 0.4) is 0 Å². The number of thioether (sulfide) groups is 1. The first-order valence-electron chi connectivity index (χ1n) is 5.36. The minimum absolute atomic E-state index is 0.0686. The van der Waals surface area contributed by atoms with Gasteiger partial charge in [0.05, 0.1) is 12.3 Å². The third kappa shape index (κ3) is 2.79. The van der Waals surface area contributed by atoms with Crippen LogP contribution in [0.25, 0.3) is 4.85 Å². The number of nitrogens with one attached hydrogen (secondary N) is 1. The minimum atomic E-state index is -0.368. The van der Waals surface area contributed by atoms with E-state index < -0.39 is 0 Å². The van der Waals surface area contributed by atoms with Crippen LogP contribution < -0.4 is 5.56 Å². The van der Waals surface area contributed by atoms with Crippen molar-refractivity contribution in [2.45, 2.75) is 17.8 Å². The quantitative estimate of drug-likeness (QED) is 0.522. The number of rotatable bonds is 3. The van der Waals surface area contributed by atoms with Gasteiger partial charge in [0, 0.05) is 5.75 Å². The van der Waals surface area contributed by atoms with Crippen molar-refractivity contribution in [1.29, 1.82) is 0 Å². The van der Waals surface area contributed by atoms with Crippen molar-refractivity contribution < 1.29 is 0 Å². The third-order valence-corrected chi connectivity index (χ3v) is 3.32. The molecular formula is C13H11N3OS. The number of aromatic amines is 1. The molecule has 5 heteroatoms. The Morgan fingerprint density at radius 2 is 2.11 bits per heavy atom. The van der Waals surface area contributed by atoms with E-state index in [2.05, 4.69) is 14.8 Å². The molecule has 0 aliphatic carbocycles. The first-order valence-corrected chi connectivity index (χ1v) is 6.34. The normalized spacial score (nSPS) is 10.0. The van der Waals surface area contributed by atoms with Crippen LogP contribution in [0, 0.1) is 13.5 Å². The Balaban J connectivity index is 2.17. The maximum atomic E-state index is 11.6. The molecule has 1 N–H and O–H groups in total. The summed E-state index contributed by atoms with van der Waals surface area (Å²) < 4.78 is 0. The van der Waals surface area contributed by atoms with E-state index in [1.807, 2.05) is 30.3 Å². The predicted octanol–water partition coefficient (Wildman–Crippen LogP) is 2.92. The summed E-state index contributed by atoms with van der Waals surface area (Å²) in [5, 5.41) is 0.550. The van der Waals surface area contributed by atoms with Crippen molar-refractivity contribution in [2.24, 2.45) is 0 Å². The van der Waals surface area contributed by atoms with Crippen LogP contribution in [0.2, 0.25) is 0 Å². The molecule has 0 bridgehead atoms. The van der Waals surface area contributed by atoms with Crippen LogP contribution >= 0.6 is 11.8 Å². The van der Waals surface area contributed by atoms with Crippen molar-refractivity contribution >= 4 is 17.4 Å². The molecule has 2 aromatic rings. The molecule has 4 nitrogen and oxygen atoms in total. The van der Waals surface area contributed by atoms with Gasteiger partial charge in [-0.15, -0.1) is 0 Å². The van der Waals surface area contributed by atoms with Gasteiger partial charge in [0.1, 0.15) is 0 Å². The SMILES string of the molecule is [C-]#[N+]c1c(C)nc(SCc2ccccc2)[nH]c1=O. The van der Waals surface area contributed by atoms with E-state index in [1.54, 1.807) is 6.92 Å². The van der Waals surface area contributed by atoms with Crippen LogP contribution in [-0.2, 0) is 5.75 Å². The van der Waals surface area contributed by atoms with Gasteiger partial charge in [0.2, 0.25) is 0 Å². The summed E-state index contributed by atoms with van der Waals surface area (Å²) in [5.74, 6) is 0.737. The summed E-state index contributed by atoms with van der Waals surface area (Å²) in [4.78, 5) is 21.6. The topological polar surface area (TPSA) is 50.1 Å². The van der Waals surface area contributed by atoms with E-state index in [-0.39, 0.29) is 11.2 Å². The smallest absolute Gasteiger partial charge is 0.271 e. The summed E-state index contributed by atoms with van der Waals surface area (Å²) in [6, 6.07) is 9.94. The molecular weight excluding hydrogens is 246 g/mol. The lowest BCUT2D eigenvalue weighted by molar-refractivity contribution is 0.914. The Morgan fingerprint density at radius 3 is 2.72 bits per heavy atom. The molecule has 0 atom stereocenters. The molecule has 1 aromatic heterocycles. The number of hydrogen-bond donors (Lipinski definition) is 1. The maximum absolute atomic E-state index is 11.6. The highest BCUT2D eigenvalue weighted by molar-refractivity contribution is 7.98. The fourth-order valence-electron chi connectivity index (χ4n) is 1.48. The Bertz CT molecular complexity index is 644. The predicted molar refractivity (Wildman–Crippen MR) is 71.9 cm³/mol. The van der Waals surface area contributed by atoms with Gasteiger partial charge in [-0.25, -0.2) is 9.83 Å². The second kappa shape index (κ2) is 5.52. The number of nitrogens with zero attached hydrogens (tertiary/aromatic N) is 2. The summed E-state index contributed by atoms with van der Waals surface area (Å²) >= 11 is 1.45. The third-order valence-electron chi connectivity index (χ3n) is 2.38. The average Bonchev–Trinajstić information content (AvgIpc) is 2.37. The Morgan fingerprint density at radius 1 is 1.39 bits per heavy atom. The van der Waals surface area contributed by atoms with Crippen LogP contribution in [0.1, 0.15) is 11.3 Å². The molecule has 0 radical (unpaired) electrons. The first kappa shape index (κ1) is 12.4. The van der Waals surface area contributed by atoms with Crippen molar-refractivity contribution in [3.63, 3.8) is 0 Å². The molecule has 0 aliphatic heterocycles. The Hall–Kier alpha value is -2.06. The molecule has 0 spiro atoms. The zero-order chi connectivity index (χ0) is 13.0. The van der Waals surface area contributed by atoms with Crippen molar-refractivity contribution in [3.8, 4) is 0 Å². The highest BCUT2D eigenvalue weighted by Gasteiger charge is 2.07. The molecule has 0 fully saturated rings. The number of aryl methyl sites for hydroxylation is 1. The standard InChI is InChI=1S/C13H11N3OS/c1-9-11(14-2)12(17)16-13(15-9)18-8-10-6-4-3-5-7-10/h3-7H,8H2,1H3,(H,15,16,17). The van der Waals surface area contributed by atoms with Gasteiger partial charge in [-0.3, -0.25) is 4.79 Å². The van der Waals surface area contributed by atoms with Crippen LogP contribution in [-0.4, -0.2) is 9.97 Å². The zero-order valence-electron chi connectivity index (χ0n) is 9.80.